The first-order chi connectivity index (χ1) is 29.4. The van der Waals surface area contributed by atoms with E-state index < -0.39 is 0 Å². The number of benzene rings is 4. The van der Waals surface area contributed by atoms with Gasteiger partial charge in [0.2, 0.25) is 11.8 Å². The van der Waals surface area contributed by atoms with E-state index in [1.165, 1.54) is 5.56 Å². The molecular weight excluding hydrogens is 753 g/mol. The third kappa shape index (κ3) is 7.61. The van der Waals surface area contributed by atoms with Crippen molar-refractivity contribution >= 4 is 68.6 Å². The molecule has 300 valence electrons. The second kappa shape index (κ2) is 16.6. The predicted octanol–water partition coefficient (Wildman–Crippen LogP) is 8.77. The number of methoxy groups -OCH3 is 3. The first kappa shape index (κ1) is 38.4. The molecule has 2 amide bonds. The Morgan fingerprint density at radius 2 is 1.18 bits per heavy atom. The molecule has 11 heteroatoms. The summed E-state index contributed by atoms with van der Waals surface area (Å²) in [6.45, 7) is 1.46. The van der Waals surface area contributed by atoms with Crippen LogP contribution in [0.4, 0.5) is 11.6 Å². The number of rotatable bonds is 9. The van der Waals surface area contributed by atoms with Gasteiger partial charge in [-0.2, -0.15) is 0 Å². The lowest BCUT2D eigenvalue weighted by Crippen LogP contribution is -2.20. The summed E-state index contributed by atoms with van der Waals surface area (Å²) >= 11 is 0. The number of amides is 2. The van der Waals surface area contributed by atoms with Crippen molar-refractivity contribution in [2.24, 2.45) is 9.98 Å². The summed E-state index contributed by atoms with van der Waals surface area (Å²) in [4.78, 5) is 43.4. The summed E-state index contributed by atoms with van der Waals surface area (Å²) in [5.74, 6) is 2.92. The molecule has 0 saturated carbocycles. The summed E-state index contributed by atoms with van der Waals surface area (Å²) < 4.78 is 16.2. The summed E-state index contributed by atoms with van der Waals surface area (Å²) in [5.41, 5.74) is 8.80. The van der Waals surface area contributed by atoms with Crippen molar-refractivity contribution in [3.05, 3.63) is 137 Å². The fourth-order valence-corrected chi connectivity index (χ4v) is 8.60. The number of allylic oxidation sites excluding steroid dienone is 2. The van der Waals surface area contributed by atoms with E-state index in [-0.39, 0.29) is 23.7 Å². The molecule has 0 fully saturated rings. The highest BCUT2D eigenvalue weighted by atomic mass is 16.5. The number of hydrogen-bond donors (Lipinski definition) is 2. The Bertz CT molecular complexity index is 2810. The molecule has 4 aliphatic rings. The number of pyridine rings is 2. The van der Waals surface area contributed by atoms with Crippen LogP contribution in [-0.2, 0) is 22.4 Å². The van der Waals surface area contributed by atoms with Crippen molar-refractivity contribution in [1.29, 1.82) is 0 Å². The smallest absolute Gasteiger partial charge is 0.233 e. The van der Waals surface area contributed by atoms with E-state index in [1.807, 2.05) is 61.0 Å². The molecule has 60 heavy (non-hydrogen) atoms. The van der Waals surface area contributed by atoms with Crippen LogP contribution in [0.3, 0.4) is 0 Å². The number of aryl methyl sites for hydroxylation is 1. The zero-order chi connectivity index (χ0) is 41.2. The van der Waals surface area contributed by atoms with Gasteiger partial charge in [-0.15, -0.1) is 0 Å². The molecule has 2 atom stereocenters. The maximum absolute atomic E-state index is 13.1. The van der Waals surface area contributed by atoms with Crippen LogP contribution in [0, 0.1) is 0 Å². The predicted molar refractivity (Wildman–Crippen MR) is 238 cm³/mol. The van der Waals surface area contributed by atoms with Gasteiger partial charge in [-0.05, 0) is 118 Å². The van der Waals surface area contributed by atoms with E-state index in [0.717, 1.165) is 111 Å². The molecule has 2 aliphatic carbocycles. The van der Waals surface area contributed by atoms with Gasteiger partial charge in [-0.3, -0.25) is 19.6 Å². The SMILES string of the molecule is COc1ccc2c(c1)CCC2C(=O)Nc1cc2cc(C3=CCN=C3)ccc2cn1.COc1ccc2c(c1OC)CCC2C(=O)Nc1cc2cc(C3=CCN=C3)ccc2cn1. The Hall–Kier alpha value is -7.14. The number of fused-ring (bicyclic) bond motifs is 4. The van der Waals surface area contributed by atoms with Gasteiger partial charge in [0.05, 0.1) is 46.3 Å². The standard InChI is InChI=1S/C25H23N3O3.C24H21N3O2/c1-30-22-8-7-19-20(24(22)31-2)5-6-21(19)25(29)28-23-12-18-11-15(17-9-10-26-13-17)3-4-16(18)14-27-23;1-29-20-5-7-21-16(11-20)4-6-22(21)24(28)27-23-12-19-10-15(18-8-9-25-13-18)2-3-17(19)14-26-23/h3-4,7-9,11-14,21H,5-6,10H2,1-2H3,(H,27,28,29);2-3,5,7-8,10-14,22H,4,6,9H2,1H3,(H,26,27,28). The molecule has 11 nitrogen and oxygen atoms in total. The summed E-state index contributed by atoms with van der Waals surface area (Å²) in [6, 6.07) is 26.1. The van der Waals surface area contributed by atoms with Crippen molar-refractivity contribution in [2.45, 2.75) is 37.5 Å². The lowest BCUT2D eigenvalue weighted by Gasteiger charge is -2.15. The number of aromatic nitrogens is 2. The van der Waals surface area contributed by atoms with Gasteiger partial charge in [0.1, 0.15) is 17.4 Å². The molecule has 0 radical (unpaired) electrons. The molecule has 2 aromatic heterocycles. The maximum atomic E-state index is 13.1. The third-order valence-electron chi connectivity index (χ3n) is 11.7. The fourth-order valence-electron chi connectivity index (χ4n) is 8.60. The van der Waals surface area contributed by atoms with Crippen molar-refractivity contribution in [1.82, 2.24) is 9.97 Å². The van der Waals surface area contributed by atoms with Gasteiger partial charge in [0.25, 0.3) is 0 Å². The first-order valence-corrected chi connectivity index (χ1v) is 20.1. The van der Waals surface area contributed by atoms with Gasteiger partial charge in [-0.25, -0.2) is 9.97 Å². The lowest BCUT2D eigenvalue weighted by atomic mass is 9.99. The average molecular weight is 797 g/mol. The topological polar surface area (TPSA) is 136 Å². The number of aliphatic imine (C=N–C) groups is 2. The lowest BCUT2D eigenvalue weighted by molar-refractivity contribution is -0.118. The molecular formula is C49H44N6O5. The van der Waals surface area contributed by atoms with E-state index >= 15 is 0 Å². The van der Waals surface area contributed by atoms with Gasteiger partial charge >= 0.3 is 0 Å². The van der Waals surface area contributed by atoms with Crippen molar-refractivity contribution in [3.8, 4) is 17.2 Å². The van der Waals surface area contributed by atoms with Gasteiger partial charge in [0.15, 0.2) is 11.5 Å². The molecule has 2 N–H and O–H groups in total. The minimum atomic E-state index is -0.238. The van der Waals surface area contributed by atoms with Crippen LogP contribution in [0.25, 0.3) is 32.7 Å². The Kier molecular flexibility index (Phi) is 10.6. The Labute approximate surface area is 347 Å². The summed E-state index contributed by atoms with van der Waals surface area (Å²) in [7, 11) is 4.91. The normalized spacial score (nSPS) is 17.1. The monoisotopic (exact) mass is 796 g/mol. The molecule has 4 heterocycles. The van der Waals surface area contributed by atoms with Crippen LogP contribution >= 0.6 is 0 Å². The largest absolute Gasteiger partial charge is 0.497 e. The number of hydrogen-bond acceptors (Lipinski definition) is 9. The molecule has 10 rings (SSSR count). The Balaban J connectivity index is 0.000000154. The van der Waals surface area contributed by atoms with Crippen molar-refractivity contribution in [2.75, 3.05) is 45.1 Å². The number of ether oxygens (including phenoxy) is 3. The molecule has 4 aromatic carbocycles. The van der Waals surface area contributed by atoms with Gasteiger partial charge < -0.3 is 24.8 Å². The number of nitrogens with one attached hydrogen (secondary N) is 2. The number of carbonyl (C=O) groups excluding carboxylic acids is 2. The molecule has 0 bridgehead atoms. The van der Waals surface area contributed by atoms with E-state index in [0.29, 0.717) is 17.4 Å². The minimum Gasteiger partial charge on any atom is -0.497 e. The second-order valence-corrected chi connectivity index (χ2v) is 15.2. The summed E-state index contributed by atoms with van der Waals surface area (Å²) in [6.07, 6.45) is 14.8. The number of nitrogens with zero attached hydrogens (tertiary/aromatic N) is 4. The second-order valence-electron chi connectivity index (χ2n) is 15.2. The van der Waals surface area contributed by atoms with Crippen LogP contribution in [0.2, 0.25) is 0 Å². The molecule has 0 saturated heterocycles. The van der Waals surface area contributed by atoms with Crippen LogP contribution in [0.1, 0.15) is 58.1 Å². The third-order valence-corrected chi connectivity index (χ3v) is 11.7. The van der Waals surface area contributed by atoms with Crippen LogP contribution in [-0.4, -0.2) is 68.6 Å². The zero-order valence-corrected chi connectivity index (χ0v) is 33.7. The highest BCUT2D eigenvalue weighted by molar-refractivity contribution is 6.13. The van der Waals surface area contributed by atoms with Crippen LogP contribution in [0.15, 0.2) is 113 Å². The average Bonchev–Trinajstić information content (AvgIpc) is 4.13. The van der Waals surface area contributed by atoms with Crippen LogP contribution in [0.5, 0.6) is 17.2 Å². The first-order valence-electron chi connectivity index (χ1n) is 20.1. The van der Waals surface area contributed by atoms with E-state index in [4.69, 9.17) is 14.2 Å². The molecule has 2 aliphatic heterocycles. The highest BCUT2D eigenvalue weighted by Gasteiger charge is 2.33. The van der Waals surface area contributed by atoms with Crippen molar-refractivity contribution in [3.63, 3.8) is 0 Å². The van der Waals surface area contributed by atoms with Gasteiger partial charge in [-0.1, -0.05) is 48.6 Å². The summed E-state index contributed by atoms with van der Waals surface area (Å²) in [5, 5.41) is 10.2. The number of anilines is 2. The molecule has 6 aromatic rings. The molecule has 2 unspecified atom stereocenters. The minimum absolute atomic E-state index is 0.0115. The van der Waals surface area contributed by atoms with E-state index in [1.54, 1.807) is 33.7 Å². The number of carbonyl (C=O) groups is 2. The van der Waals surface area contributed by atoms with E-state index in [9.17, 15) is 9.59 Å². The Morgan fingerprint density at radius 3 is 1.73 bits per heavy atom. The fraction of sp³-hybridized carbons (Fsp3) is 0.224. The van der Waals surface area contributed by atoms with Gasteiger partial charge in [0, 0.05) is 41.2 Å². The molecule has 0 spiro atoms. The quantitative estimate of drug-likeness (QED) is 0.149. The van der Waals surface area contributed by atoms with Crippen LogP contribution < -0.4 is 24.8 Å². The Morgan fingerprint density at radius 1 is 0.600 bits per heavy atom. The highest BCUT2D eigenvalue weighted by Crippen LogP contribution is 2.44. The van der Waals surface area contributed by atoms with E-state index in [2.05, 4.69) is 73.1 Å². The zero-order valence-electron chi connectivity index (χ0n) is 33.7. The van der Waals surface area contributed by atoms with Crippen molar-refractivity contribution < 1.29 is 23.8 Å². The maximum Gasteiger partial charge on any atom is 0.233 e.